The summed E-state index contributed by atoms with van der Waals surface area (Å²) >= 11 is 0. The van der Waals surface area contributed by atoms with Crippen LogP contribution in [0.2, 0.25) is 0 Å². The molecule has 0 aliphatic carbocycles. The van der Waals surface area contributed by atoms with Gasteiger partial charge in [0.15, 0.2) is 0 Å². The maximum atomic E-state index is 11.9. The first kappa shape index (κ1) is 17.0. The summed E-state index contributed by atoms with van der Waals surface area (Å²) in [7, 11) is 1.29. The average Bonchev–Trinajstić information content (AvgIpc) is 2.65. The zero-order chi connectivity index (χ0) is 17.4. The van der Waals surface area contributed by atoms with Crippen LogP contribution in [0.3, 0.4) is 0 Å². The van der Waals surface area contributed by atoms with Gasteiger partial charge in [-0.15, -0.1) is 0 Å². The van der Waals surface area contributed by atoms with E-state index in [0.29, 0.717) is 22.4 Å². The number of ether oxygens (including phenoxy) is 3. The molecule has 122 valence electrons. The molecule has 0 N–H and O–H groups in total. The molecule has 6 heteroatoms. The molecule has 0 saturated heterocycles. The van der Waals surface area contributed by atoms with Gasteiger partial charge in [0.05, 0.1) is 29.9 Å². The van der Waals surface area contributed by atoms with Crippen molar-refractivity contribution < 1.29 is 23.8 Å². The van der Waals surface area contributed by atoms with E-state index in [2.05, 4.69) is 4.74 Å². The summed E-state index contributed by atoms with van der Waals surface area (Å²) in [4.78, 5) is 23.2. The largest absolute Gasteiger partial charge is 0.490 e. The quantitative estimate of drug-likeness (QED) is 0.599. The van der Waals surface area contributed by atoms with Crippen LogP contribution in [0.5, 0.6) is 5.75 Å². The van der Waals surface area contributed by atoms with Gasteiger partial charge in [-0.25, -0.2) is 9.59 Å². The SMILES string of the molecule is COC(=O)c1ccc(C(=O)OCCOc2ccc(C#N)cc2)cc1. The minimum absolute atomic E-state index is 0.0809. The first-order valence-electron chi connectivity index (χ1n) is 7.12. The Bertz CT molecular complexity index is 744. The Hall–Kier alpha value is -3.33. The molecule has 2 aromatic carbocycles. The summed E-state index contributed by atoms with van der Waals surface area (Å²) < 4.78 is 15.1. The van der Waals surface area contributed by atoms with Crippen molar-refractivity contribution in [3.63, 3.8) is 0 Å². The van der Waals surface area contributed by atoms with Gasteiger partial charge in [0, 0.05) is 0 Å². The minimum atomic E-state index is -0.505. The van der Waals surface area contributed by atoms with Gasteiger partial charge in [0.1, 0.15) is 19.0 Å². The molecule has 6 nitrogen and oxygen atoms in total. The summed E-state index contributed by atoms with van der Waals surface area (Å²) in [5.41, 5.74) is 1.24. The lowest BCUT2D eigenvalue weighted by Crippen LogP contribution is -2.12. The maximum Gasteiger partial charge on any atom is 0.338 e. The second kappa shape index (κ2) is 8.34. The normalized spacial score (nSPS) is 9.67. The van der Waals surface area contributed by atoms with Crippen LogP contribution in [0.25, 0.3) is 0 Å². The zero-order valence-corrected chi connectivity index (χ0v) is 13.0. The molecule has 0 spiro atoms. The Balaban J connectivity index is 1.78. The molecule has 0 aliphatic heterocycles. The lowest BCUT2D eigenvalue weighted by Gasteiger charge is -2.08. The van der Waals surface area contributed by atoms with Crippen molar-refractivity contribution in [2.45, 2.75) is 0 Å². The van der Waals surface area contributed by atoms with Crippen LogP contribution in [-0.2, 0) is 9.47 Å². The van der Waals surface area contributed by atoms with Gasteiger partial charge in [-0.05, 0) is 48.5 Å². The second-order valence-corrected chi connectivity index (χ2v) is 4.69. The van der Waals surface area contributed by atoms with Crippen LogP contribution < -0.4 is 4.74 Å². The van der Waals surface area contributed by atoms with E-state index >= 15 is 0 Å². The number of hydrogen-bond donors (Lipinski definition) is 0. The highest BCUT2D eigenvalue weighted by atomic mass is 16.6. The molecular formula is C18H15NO5. The Morgan fingerprint density at radius 3 is 2.04 bits per heavy atom. The van der Waals surface area contributed by atoms with Crippen LogP contribution in [0, 0.1) is 11.3 Å². The number of nitrogens with zero attached hydrogens (tertiary/aromatic N) is 1. The van der Waals surface area contributed by atoms with Gasteiger partial charge in [-0.1, -0.05) is 0 Å². The Labute approximate surface area is 139 Å². The van der Waals surface area contributed by atoms with E-state index in [1.54, 1.807) is 24.3 Å². The molecule has 0 fully saturated rings. The molecule has 0 atom stereocenters. The predicted octanol–water partition coefficient (Wildman–Crippen LogP) is 2.58. The van der Waals surface area contributed by atoms with E-state index in [9.17, 15) is 9.59 Å². The molecule has 0 aliphatic rings. The average molecular weight is 325 g/mol. The first-order valence-corrected chi connectivity index (χ1v) is 7.12. The number of methoxy groups -OCH3 is 1. The molecule has 0 heterocycles. The van der Waals surface area contributed by atoms with E-state index in [-0.39, 0.29) is 13.2 Å². The lowest BCUT2D eigenvalue weighted by atomic mass is 10.1. The van der Waals surface area contributed by atoms with E-state index in [1.165, 1.54) is 31.4 Å². The van der Waals surface area contributed by atoms with Crippen molar-refractivity contribution >= 4 is 11.9 Å². The summed E-state index contributed by atoms with van der Waals surface area (Å²) in [5, 5.41) is 8.70. The summed E-state index contributed by atoms with van der Waals surface area (Å²) in [5.74, 6) is -0.381. The molecule has 2 aromatic rings. The maximum absolute atomic E-state index is 11.9. The summed E-state index contributed by atoms with van der Waals surface area (Å²) in [6.45, 7) is 0.273. The Morgan fingerprint density at radius 1 is 0.917 bits per heavy atom. The third kappa shape index (κ3) is 4.58. The predicted molar refractivity (Wildman–Crippen MR) is 84.7 cm³/mol. The molecule has 0 bridgehead atoms. The van der Waals surface area contributed by atoms with Crippen molar-refractivity contribution in [2.24, 2.45) is 0 Å². The van der Waals surface area contributed by atoms with Crippen molar-refractivity contribution in [1.82, 2.24) is 0 Å². The third-order valence-electron chi connectivity index (χ3n) is 3.11. The number of benzene rings is 2. The summed E-state index contributed by atoms with van der Waals surface area (Å²) in [6.07, 6.45) is 0. The van der Waals surface area contributed by atoms with Crippen molar-refractivity contribution in [1.29, 1.82) is 5.26 Å². The zero-order valence-electron chi connectivity index (χ0n) is 13.0. The highest BCUT2D eigenvalue weighted by molar-refractivity contribution is 5.93. The van der Waals surface area contributed by atoms with Crippen LogP contribution in [0.4, 0.5) is 0 Å². The van der Waals surface area contributed by atoms with Crippen LogP contribution in [0.15, 0.2) is 48.5 Å². The standard InChI is InChI=1S/C18H15NO5/c1-22-17(20)14-4-6-15(7-5-14)18(21)24-11-10-23-16-8-2-13(12-19)3-9-16/h2-9H,10-11H2,1H3. The topological polar surface area (TPSA) is 85.6 Å². The molecular weight excluding hydrogens is 310 g/mol. The number of rotatable bonds is 6. The lowest BCUT2D eigenvalue weighted by molar-refractivity contribution is 0.0449. The van der Waals surface area contributed by atoms with Crippen LogP contribution in [0.1, 0.15) is 26.3 Å². The van der Waals surface area contributed by atoms with Gasteiger partial charge in [0.25, 0.3) is 0 Å². The van der Waals surface area contributed by atoms with Gasteiger partial charge in [-0.2, -0.15) is 5.26 Å². The van der Waals surface area contributed by atoms with E-state index < -0.39 is 11.9 Å². The van der Waals surface area contributed by atoms with Gasteiger partial charge >= 0.3 is 11.9 Å². The van der Waals surface area contributed by atoms with E-state index in [1.807, 2.05) is 6.07 Å². The smallest absolute Gasteiger partial charge is 0.338 e. The summed E-state index contributed by atoms with van der Waals surface area (Å²) in [6, 6.07) is 14.6. The van der Waals surface area contributed by atoms with E-state index in [0.717, 1.165) is 0 Å². The Morgan fingerprint density at radius 2 is 1.50 bits per heavy atom. The number of carbonyl (C=O) groups excluding carboxylic acids is 2. The van der Waals surface area contributed by atoms with E-state index in [4.69, 9.17) is 14.7 Å². The minimum Gasteiger partial charge on any atom is -0.490 e. The Kier molecular flexibility index (Phi) is 5.92. The van der Waals surface area contributed by atoms with Gasteiger partial charge < -0.3 is 14.2 Å². The molecule has 0 aromatic heterocycles. The molecule has 0 amide bonds. The van der Waals surface area contributed by atoms with Crippen molar-refractivity contribution in [3.8, 4) is 11.8 Å². The third-order valence-corrected chi connectivity index (χ3v) is 3.11. The first-order chi connectivity index (χ1) is 11.6. The van der Waals surface area contributed by atoms with Crippen LogP contribution in [-0.4, -0.2) is 32.3 Å². The highest BCUT2D eigenvalue weighted by Crippen LogP contribution is 2.11. The molecule has 24 heavy (non-hydrogen) atoms. The number of carbonyl (C=O) groups is 2. The van der Waals surface area contributed by atoms with Crippen molar-refractivity contribution in [3.05, 3.63) is 65.2 Å². The van der Waals surface area contributed by atoms with Crippen LogP contribution >= 0.6 is 0 Å². The second-order valence-electron chi connectivity index (χ2n) is 4.69. The molecule has 0 unspecified atom stereocenters. The van der Waals surface area contributed by atoms with Gasteiger partial charge in [-0.3, -0.25) is 0 Å². The fourth-order valence-electron chi connectivity index (χ4n) is 1.86. The monoisotopic (exact) mass is 325 g/mol. The van der Waals surface area contributed by atoms with Gasteiger partial charge in [0.2, 0.25) is 0 Å². The number of hydrogen-bond acceptors (Lipinski definition) is 6. The molecule has 0 radical (unpaired) electrons. The number of nitriles is 1. The highest BCUT2D eigenvalue weighted by Gasteiger charge is 2.10. The fraction of sp³-hybridized carbons (Fsp3) is 0.167. The fourth-order valence-corrected chi connectivity index (χ4v) is 1.86. The number of esters is 2. The molecule has 2 rings (SSSR count). The van der Waals surface area contributed by atoms with Crippen molar-refractivity contribution in [2.75, 3.05) is 20.3 Å². The molecule has 0 saturated carbocycles.